The van der Waals surface area contributed by atoms with Gasteiger partial charge in [0.1, 0.15) is 0 Å². The van der Waals surface area contributed by atoms with Gasteiger partial charge in [-0.1, -0.05) is 481 Å². The second-order valence-electron chi connectivity index (χ2n) is 43.6. The average Bonchev–Trinajstić information content (AvgIpc) is 1.50. The van der Waals surface area contributed by atoms with E-state index in [0.29, 0.717) is 0 Å². The molecule has 13 rings (SSSR count). The van der Waals surface area contributed by atoms with Crippen LogP contribution < -0.4 is 0 Å². The smallest absolute Gasteiger partial charge is 0.000740 e. The van der Waals surface area contributed by atoms with E-state index in [4.69, 9.17) is 0 Å². The van der Waals surface area contributed by atoms with Crippen molar-refractivity contribution in [3.63, 3.8) is 0 Å². The highest BCUT2D eigenvalue weighted by molar-refractivity contribution is 6.13. The molecule has 0 atom stereocenters. The van der Waals surface area contributed by atoms with E-state index in [-0.39, 0.29) is 10.8 Å². The molecule has 0 bridgehead atoms. The van der Waals surface area contributed by atoms with Crippen LogP contribution in [0.4, 0.5) is 0 Å². The van der Waals surface area contributed by atoms with E-state index in [2.05, 4.69) is 243 Å². The summed E-state index contributed by atoms with van der Waals surface area (Å²) < 4.78 is 0. The molecule has 0 unspecified atom stereocenters. The molecule has 0 spiro atoms. The first kappa shape index (κ1) is 99.9. The van der Waals surface area contributed by atoms with Gasteiger partial charge in [0.15, 0.2) is 0 Å². The highest BCUT2D eigenvalue weighted by Crippen LogP contribution is 2.49. The van der Waals surface area contributed by atoms with Gasteiger partial charge in [0, 0.05) is 0 Å². The first-order chi connectivity index (χ1) is 63.5. The van der Waals surface area contributed by atoms with Crippen molar-refractivity contribution in [2.75, 3.05) is 0 Å². The molecule has 0 amide bonds. The molecule has 0 nitrogen and oxygen atoms in total. The zero-order chi connectivity index (χ0) is 91.2. The lowest BCUT2D eigenvalue weighted by molar-refractivity contribution is 0.591. The second kappa shape index (κ2) is 50.7. The standard InChI is InChI=1S/C130H178/c1-15-23-31-39-47-55-63-95-79-96(64-56-48-40-32-24-16-2)84-105(83-95)119-111-74-73-110(130(12,13)14)94-118(111)122(108-89-101(69-61-53-45-37-29-21-7)82-102(90-108)70-62-54-46-38-30-22-8)128-115-78-77-113-124-114(76-75-112(123(115)124)125(119)128)127-121(107-87-99(67-59-51-43-35-27-19-5)81-100(88-107)68-60-52-44-36-28-20-6)117-93-104-91-109(129(9,10)11)72-71-103(104)92-116(117)120(126(113)127)106-85-97(65-57-49-41-33-25-17-3)80-98(86-106)66-58-50-42-34-26-18-4/h71-94H,15-70H2,1-14H3. The van der Waals surface area contributed by atoms with Crippen LogP contribution in [0.15, 0.2) is 146 Å². The van der Waals surface area contributed by atoms with Crippen molar-refractivity contribution >= 4 is 43.1 Å². The van der Waals surface area contributed by atoms with Crippen LogP contribution >= 0.6 is 0 Å². The van der Waals surface area contributed by atoms with Gasteiger partial charge in [0.2, 0.25) is 0 Å². The van der Waals surface area contributed by atoms with Crippen LogP contribution in [-0.2, 0) is 62.2 Å². The fourth-order valence-corrected chi connectivity index (χ4v) is 22.9. The molecule has 130 heavy (non-hydrogen) atoms. The molecule has 2 aliphatic carbocycles. The van der Waals surface area contributed by atoms with E-state index >= 15 is 0 Å². The quantitative estimate of drug-likeness (QED) is 0.0263. The zero-order valence-electron chi connectivity index (χ0n) is 85.5. The Hall–Kier alpha value is -7.54. The number of hydrogen-bond acceptors (Lipinski definition) is 0. The Balaban J connectivity index is 1.22. The molecule has 0 heterocycles. The normalized spacial score (nSPS) is 12.4. The Bertz CT molecular complexity index is 5760. The number of hydrogen-bond donors (Lipinski definition) is 0. The summed E-state index contributed by atoms with van der Waals surface area (Å²) in [5.41, 5.74) is 26.5. The fraction of sp³-hybridized carbons (Fsp3) is 0.554. The van der Waals surface area contributed by atoms with Crippen LogP contribution in [0.5, 0.6) is 0 Å². The molecular formula is C130H178. The summed E-state index contributed by atoms with van der Waals surface area (Å²) in [5, 5.41) is 22.9. The first-order valence-corrected chi connectivity index (χ1v) is 55.4. The van der Waals surface area contributed by atoms with Crippen molar-refractivity contribution < 1.29 is 0 Å². The van der Waals surface area contributed by atoms with Crippen molar-refractivity contribution in [2.45, 2.75) is 467 Å². The third kappa shape index (κ3) is 26.1. The zero-order valence-corrected chi connectivity index (χ0v) is 85.5. The van der Waals surface area contributed by atoms with Gasteiger partial charge in [-0.3, -0.25) is 0 Å². The minimum atomic E-state index is -0.0723. The average molecular weight is 1740 g/mol. The predicted molar refractivity (Wildman–Crippen MR) is 576 cm³/mol. The molecule has 0 N–H and O–H groups in total. The number of aryl methyl sites for hydroxylation is 8. The molecule has 0 radical (unpaired) electrons. The van der Waals surface area contributed by atoms with Gasteiger partial charge in [-0.2, -0.15) is 0 Å². The summed E-state index contributed by atoms with van der Waals surface area (Å²) >= 11 is 0. The third-order valence-electron chi connectivity index (χ3n) is 30.5. The lowest BCUT2D eigenvalue weighted by Gasteiger charge is -2.23. The summed E-state index contributed by atoms with van der Waals surface area (Å²) in [6.07, 6.45) is 71.6. The fourth-order valence-electron chi connectivity index (χ4n) is 22.9. The highest BCUT2D eigenvalue weighted by atomic mass is 14.3. The predicted octanol–water partition coefficient (Wildman–Crippen LogP) is 40.6. The van der Waals surface area contributed by atoms with Crippen molar-refractivity contribution in [3.8, 4) is 44.5 Å². The van der Waals surface area contributed by atoms with E-state index < -0.39 is 0 Å². The van der Waals surface area contributed by atoms with E-state index in [1.54, 1.807) is 0 Å². The topological polar surface area (TPSA) is 0 Å². The van der Waals surface area contributed by atoms with Crippen LogP contribution in [0, 0.1) is 41.7 Å². The van der Waals surface area contributed by atoms with Gasteiger partial charge >= 0.3 is 0 Å². The molecule has 0 aromatic heterocycles. The maximum Gasteiger partial charge on any atom is -0.000740 e. The monoisotopic (exact) mass is 1740 g/mol. The van der Waals surface area contributed by atoms with Crippen molar-refractivity contribution in [2.24, 2.45) is 0 Å². The van der Waals surface area contributed by atoms with Crippen LogP contribution in [0.25, 0.3) is 87.6 Å². The summed E-state index contributed by atoms with van der Waals surface area (Å²) in [5.74, 6) is 0. The molecular weight excluding hydrogens is 1560 g/mol. The minimum absolute atomic E-state index is 0.0103. The Morgan fingerprint density at radius 2 is 0.369 bits per heavy atom. The van der Waals surface area contributed by atoms with Crippen LogP contribution in [0.2, 0.25) is 0 Å². The summed E-state index contributed by atoms with van der Waals surface area (Å²) in [7, 11) is 0. The van der Waals surface area contributed by atoms with Crippen LogP contribution in [-0.4, -0.2) is 0 Å². The van der Waals surface area contributed by atoms with Gasteiger partial charge in [-0.25, -0.2) is 0 Å². The Morgan fingerprint density at radius 1 is 0.169 bits per heavy atom. The van der Waals surface area contributed by atoms with Crippen LogP contribution in [0.3, 0.4) is 0 Å². The summed E-state index contributed by atoms with van der Waals surface area (Å²) in [6.45, 7) is 33.6. The molecule has 698 valence electrons. The lowest BCUT2D eigenvalue weighted by atomic mass is 9.81. The number of fused-ring (bicyclic) bond motifs is 5. The number of benzene rings is 11. The summed E-state index contributed by atoms with van der Waals surface area (Å²) in [6, 6.07) is 64.5. The molecule has 0 saturated carbocycles. The first-order valence-electron chi connectivity index (χ1n) is 55.4. The van der Waals surface area contributed by atoms with Crippen molar-refractivity contribution in [3.05, 3.63) is 243 Å². The maximum atomic E-state index is 2.74. The molecule has 2 aliphatic rings. The van der Waals surface area contributed by atoms with Gasteiger partial charge in [-0.05, 0) is 317 Å². The lowest BCUT2D eigenvalue weighted by Crippen LogP contribution is -2.11. The van der Waals surface area contributed by atoms with E-state index in [1.165, 1.54) is 493 Å². The van der Waals surface area contributed by atoms with Crippen molar-refractivity contribution in [1.29, 1.82) is 0 Å². The van der Waals surface area contributed by atoms with E-state index in [0.717, 1.165) is 51.4 Å². The largest absolute Gasteiger partial charge is 0.0654 e. The van der Waals surface area contributed by atoms with Crippen molar-refractivity contribution in [1.82, 2.24) is 0 Å². The maximum absolute atomic E-state index is 2.74. The van der Waals surface area contributed by atoms with Gasteiger partial charge in [-0.15, -0.1) is 0 Å². The minimum Gasteiger partial charge on any atom is -0.0654 e. The molecule has 0 saturated heterocycles. The Labute approximate surface area is 792 Å². The molecule has 11 aromatic rings. The Morgan fingerprint density at radius 3 is 0.608 bits per heavy atom. The van der Waals surface area contributed by atoms with Gasteiger partial charge in [0.25, 0.3) is 0 Å². The SMILES string of the molecule is CCCCCCCCc1cc(CCCCCCCC)cc(-c2c3c(c(-c4cc(CCCCCCCC)cc(CCCCCCCC)c4)c4cc(C(C)(C)C)ccc24)=c2ccc4c5c(ccc=3c25)=c2c(-c3cc(CCCCCCCC)cc(CCCCCCCC)c3)c3cc5cc(C(C)(C)C)ccc5cc3c(-c3cc(CCCCCCCC)cc(CCCCCCCC)c3)c2=4)c1. The summed E-state index contributed by atoms with van der Waals surface area (Å²) in [4.78, 5) is 0. The van der Waals surface area contributed by atoms with E-state index in [9.17, 15) is 0 Å². The molecule has 11 aromatic carbocycles. The van der Waals surface area contributed by atoms with Crippen LogP contribution in [0.1, 0.15) is 461 Å². The number of unbranched alkanes of at least 4 members (excludes halogenated alkanes) is 40. The third-order valence-corrected chi connectivity index (χ3v) is 30.5. The van der Waals surface area contributed by atoms with Gasteiger partial charge < -0.3 is 0 Å². The van der Waals surface area contributed by atoms with Gasteiger partial charge in [0.05, 0.1) is 0 Å². The molecule has 0 aliphatic heterocycles. The van der Waals surface area contributed by atoms with E-state index in [1.807, 2.05) is 0 Å². The second-order valence-corrected chi connectivity index (χ2v) is 43.6. The Kier molecular flexibility index (Phi) is 39.0. The number of rotatable bonds is 60. The molecule has 0 heteroatoms. The molecule has 0 fully saturated rings. The highest BCUT2D eigenvalue weighted by Gasteiger charge is 2.29.